The van der Waals surface area contributed by atoms with Gasteiger partial charge in [-0.15, -0.1) is 0 Å². The standard InChI is InChI=1S/C24H20FNO2/c1-15-7-10-17(11-8-15)14-26-22-19-5-3-4-6-21(19)28-24(22)23(27)18-12-9-16(2)20(25)13-18/h3-13,26H,14H2,1-2H3. The summed E-state index contributed by atoms with van der Waals surface area (Å²) in [5.74, 6) is -0.561. The van der Waals surface area contributed by atoms with Crippen molar-refractivity contribution in [2.75, 3.05) is 5.32 Å². The molecule has 4 rings (SSSR count). The molecule has 0 radical (unpaired) electrons. The van der Waals surface area contributed by atoms with Gasteiger partial charge in [-0.2, -0.15) is 0 Å². The Hall–Kier alpha value is -3.40. The molecular weight excluding hydrogens is 353 g/mol. The third-order valence-corrected chi connectivity index (χ3v) is 4.83. The van der Waals surface area contributed by atoms with Crippen LogP contribution >= 0.6 is 0 Å². The molecule has 4 heteroatoms. The summed E-state index contributed by atoms with van der Waals surface area (Å²) < 4.78 is 19.8. The Morgan fingerprint density at radius 1 is 1.00 bits per heavy atom. The molecule has 1 heterocycles. The normalized spacial score (nSPS) is 11.0. The Labute approximate surface area is 162 Å². The minimum absolute atomic E-state index is 0.191. The smallest absolute Gasteiger partial charge is 0.230 e. The molecule has 4 aromatic rings. The summed E-state index contributed by atoms with van der Waals surface area (Å²) in [6.07, 6.45) is 0. The van der Waals surface area contributed by atoms with Crippen molar-refractivity contribution >= 4 is 22.4 Å². The summed E-state index contributed by atoms with van der Waals surface area (Å²) in [6, 6.07) is 20.1. The molecule has 0 amide bonds. The van der Waals surface area contributed by atoms with E-state index in [1.165, 1.54) is 11.6 Å². The number of para-hydroxylation sites is 1. The van der Waals surface area contributed by atoms with E-state index in [9.17, 15) is 9.18 Å². The first-order valence-corrected chi connectivity index (χ1v) is 9.15. The fraction of sp³-hybridized carbons (Fsp3) is 0.125. The van der Waals surface area contributed by atoms with Crippen molar-refractivity contribution in [1.29, 1.82) is 0 Å². The monoisotopic (exact) mass is 373 g/mol. The molecule has 3 aromatic carbocycles. The third kappa shape index (κ3) is 3.41. The van der Waals surface area contributed by atoms with Crippen LogP contribution in [0.3, 0.4) is 0 Å². The first-order chi connectivity index (χ1) is 13.5. The number of ketones is 1. The van der Waals surface area contributed by atoms with E-state index in [4.69, 9.17) is 4.42 Å². The van der Waals surface area contributed by atoms with Crippen LogP contribution in [0.5, 0.6) is 0 Å². The molecule has 0 saturated carbocycles. The molecule has 0 aliphatic rings. The number of aryl methyl sites for hydroxylation is 2. The first kappa shape index (κ1) is 18.0. The minimum Gasteiger partial charge on any atom is -0.450 e. The van der Waals surface area contributed by atoms with Crippen molar-refractivity contribution in [2.45, 2.75) is 20.4 Å². The second kappa shape index (κ2) is 7.31. The van der Waals surface area contributed by atoms with E-state index in [1.54, 1.807) is 19.1 Å². The van der Waals surface area contributed by atoms with Crippen molar-refractivity contribution in [3.8, 4) is 0 Å². The Morgan fingerprint density at radius 2 is 1.75 bits per heavy atom. The number of halogens is 1. The van der Waals surface area contributed by atoms with Gasteiger partial charge in [0.2, 0.25) is 5.78 Å². The van der Waals surface area contributed by atoms with E-state index in [-0.39, 0.29) is 17.1 Å². The second-order valence-electron chi connectivity index (χ2n) is 6.93. The third-order valence-electron chi connectivity index (χ3n) is 4.83. The topological polar surface area (TPSA) is 42.2 Å². The zero-order chi connectivity index (χ0) is 19.7. The van der Waals surface area contributed by atoms with Gasteiger partial charge >= 0.3 is 0 Å². The lowest BCUT2D eigenvalue weighted by atomic mass is 10.0. The highest BCUT2D eigenvalue weighted by molar-refractivity contribution is 6.14. The van der Waals surface area contributed by atoms with E-state index in [2.05, 4.69) is 5.32 Å². The van der Waals surface area contributed by atoms with Crippen molar-refractivity contribution < 1.29 is 13.6 Å². The van der Waals surface area contributed by atoms with Gasteiger partial charge in [-0.3, -0.25) is 4.79 Å². The lowest BCUT2D eigenvalue weighted by molar-refractivity contribution is 0.101. The van der Waals surface area contributed by atoms with Crippen molar-refractivity contribution in [3.05, 3.63) is 101 Å². The maximum Gasteiger partial charge on any atom is 0.230 e. The Balaban J connectivity index is 1.73. The molecule has 0 bridgehead atoms. The fourth-order valence-electron chi connectivity index (χ4n) is 3.14. The van der Waals surface area contributed by atoms with E-state index in [0.29, 0.717) is 23.4 Å². The molecule has 0 aliphatic carbocycles. The first-order valence-electron chi connectivity index (χ1n) is 9.15. The summed E-state index contributed by atoms with van der Waals surface area (Å²) in [6.45, 7) is 4.25. The fourth-order valence-corrected chi connectivity index (χ4v) is 3.14. The van der Waals surface area contributed by atoms with Crippen LogP contribution in [0.2, 0.25) is 0 Å². The van der Waals surface area contributed by atoms with Gasteiger partial charge in [0, 0.05) is 17.5 Å². The zero-order valence-electron chi connectivity index (χ0n) is 15.8. The summed E-state index contributed by atoms with van der Waals surface area (Å²) in [5.41, 5.74) is 4.29. The highest BCUT2D eigenvalue weighted by Gasteiger charge is 2.22. The molecular formula is C24H20FNO2. The maximum absolute atomic E-state index is 14.0. The van der Waals surface area contributed by atoms with Gasteiger partial charge in [0.1, 0.15) is 11.4 Å². The largest absolute Gasteiger partial charge is 0.450 e. The SMILES string of the molecule is Cc1ccc(CNc2c(C(=O)c3ccc(C)c(F)c3)oc3ccccc23)cc1. The van der Waals surface area contributed by atoms with Crippen molar-refractivity contribution in [2.24, 2.45) is 0 Å². The Morgan fingerprint density at radius 3 is 2.50 bits per heavy atom. The number of anilines is 1. The summed E-state index contributed by atoms with van der Waals surface area (Å²) in [7, 11) is 0. The number of benzene rings is 3. The second-order valence-corrected chi connectivity index (χ2v) is 6.93. The van der Waals surface area contributed by atoms with Gasteiger partial charge < -0.3 is 9.73 Å². The lowest BCUT2D eigenvalue weighted by Gasteiger charge is -2.08. The highest BCUT2D eigenvalue weighted by Crippen LogP contribution is 2.33. The molecule has 1 aromatic heterocycles. The van der Waals surface area contributed by atoms with Gasteiger partial charge in [0.05, 0.1) is 5.69 Å². The predicted molar refractivity (Wildman–Crippen MR) is 109 cm³/mol. The van der Waals surface area contributed by atoms with Crippen LogP contribution in [0, 0.1) is 19.7 Å². The molecule has 0 spiro atoms. The molecule has 0 unspecified atom stereocenters. The van der Waals surface area contributed by atoms with Crippen LogP contribution in [0.4, 0.5) is 10.1 Å². The molecule has 0 fully saturated rings. The van der Waals surface area contributed by atoms with E-state index in [0.717, 1.165) is 10.9 Å². The van der Waals surface area contributed by atoms with Crippen LogP contribution < -0.4 is 5.32 Å². The van der Waals surface area contributed by atoms with Crippen molar-refractivity contribution in [3.63, 3.8) is 0 Å². The molecule has 28 heavy (non-hydrogen) atoms. The van der Waals surface area contributed by atoms with Gasteiger partial charge in [0.25, 0.3) is 0 Å². The highest BCUT2D eigenvalue weighted by atomic mass is 19.1. The zero-order valence-corrected chi connectivity index (χ0v) is 15.8. The number of nitrogens with one attached hydrogen (secondary N) is 1. The number of hydrogen-bond acceptors (Lipinski definition) is 3. The number of hydrogen-bond donors (Lipinski definition) is 1. The summed E-state index contributed by atoms with van der Waals surface area (Å²) in [4.78, 5) is 13.1. The lowest BCUT2D eigenvalue weighted by Crippen LogP contribution is -2.07. The Kier molecular flexibility index (Phi) is 4.70. The molecule has 0 atom stereocenters. The average molecular weight is 373 g/mol. The number of furan rings is 1. The van der Waals surface area contributed by atoms with Crippen molar-refractivity contribution in [1.82, 2.24) is 0 Å². The van der Waals surface area contributed by atoms with E-state index in [1.807, 2.05) is 55.5 Å². The quantitative estimate of drug-likeness (QED) is 0.434. The molecule has 0 saturated heterocycles. The minimum atomic E-state index is -0.406. The number of carbonyl (C=O) groups excluding carboxylic acids is 1. The Bertz CT molecular complexity index is 1160. The van der Waals surface area contributed by atoms with Crippen LogP contribution in [0.25, 0.3) is 11.0 Å². The molecule has 1 N–H and O–H groups in total. The predicted octanol–water partition coefficient (Wildman–Crippen LogP) is 6.03. The average Bonchev–Trinajstić information content (AvgIpc) is 3.08. The molecule has 0 aliphatic heterocycles. The molecule has 140 valence electrons. The van der Waals surface area contributed by atoms with Crippen LogP contribution in [0.1, 0.15) is 32.8 Å². The van der Waals surface area contributed by atoms with E-state index < -0.39 is 5.82 Å². The number of carbonyl (C=O) groups is 1. The van der Waals surface area contributed by atoms with Gasteiger partial charge in [-0.1, -0.05) is 54.1 Å². The number of rotatable bonds is 5. The van der Waals surface area contributed by atoms with Gasteiger partial charge in [-0.25, -0.2) is 4.39 Å². The molecule has 3 nitrogen and oxygen atoms in total. The summed E-state index contributed by atoms with van der Waals surface area (Å²) >= 11 is 0. The van der Waals surface area contributed by atoms with E-state index >= 15 is 0 Å². The van der Waals surface area contributed by atoms with Crippen LogP contribution in [-0.4, -0.2) is 5.78 Å². The summed E-state index contributed by atoms with van der Waals surface area (Å²) in [5, 5.41) is 4.16. The number of fused-ring (bicyclic) bond motifs is 1. The van der Waals surface area contributed by atoms with Gasteiger partial charge in [-0.05, 0) is 43.2 Å². The van der Waals surface area contributed by atoms with Gasteiger partial charge in [0.15, 0.2) is 5.76 Å². The van der Waals surface area contributed by atoms with Crippen LogP contribution in [-0.2, 0) is 6.54 Å². The van der Waals surface area contributed by atoms with Crippen LogP contribution in [0.15, 0.2) is 71.1 Å². The maximum atomic E-state index is 14.0.